The molecule has 3 N–H and O–H groups in total. The van der Waals surface area contributed by atoms with Gasteiger partial charge in [0.25, 0.3) is 9.70 Å². The molecule has 0 saturated carbocycles. The zero-order valence-electron chi connectivity index (χ0n) is 28.7. The van der Waals surface area contributed by atoms with Gasteiger partial charge >= 0.3 is 5.69 Å². The number of hydrogen-bond acceptors (Lipinski definition) is 6. The van der Waals surface area contributed by atoms with Crippen LogP contribution in [0.3, 0.4) is 0 Å². The molecule has 3 heterocycles. The van der Waals surface area contributed by atoms with Gasteiger partial charge in [0.05, 0.1) is 29.8 Å². The van der Waals surface area contributed by atoms with Gasteiger partial charge in [-0.15, -0.1) is 0 Å². The van der Waals surface area contributed by atoms with Crippen molar-refractivity contribution in [3.63, 3.8) is 0 Å². The zero-order chi connectivity index (χ0) is 36.4. The first-order valence-corrected chi connectivity index (χ1v) is 18.7. The molecule has 52 heavy (non-hydrogen) atoms. The van der Waals surface area contributed by atoms with Crippen LogP contribution in [0.1, 0.15) is 60.5 Å². The highest BCUT2D eigenvalue weighted by Gasteiger charge is 2.40. The summed E-state index contributed by atoms with van der Waals surface area (Å²) >= 11 is 17.1. The van der Waals surface area contributed by atoms with Crippen LogP contribution < -0.4 is 11.0 Å². The molecule has 5 aromatic rings. The number of nitrogens with one attached hydrogen (secondary N) is 2. The maximum absolute atomic E-state index is 12.9. The third-order valence-corrected chi connectivity index (χ3v) is 10.8. The van der Waals surface area contributed by atoms with Crippen LogP contribution in [-0.4, -0.2) is 55.0 Å². The quantitative estimate of drug-likeness (QED) is 0.134. The summed E-state index contributed by atoms with van der Waals surface area (Å²) in [6.07, 6.45) is 0.808. The van der Waals surface area contributed by atoms with Crippen molar-refractivity contribution >= 4 is 51.7 Å². The number of aromatic amines is 1. The number of likely N-dealkylation sites (tertiary alicyclic amines) is 1. The fourth-order valence-corrected chi connectivity index (χ4v) is 7.56. The van der Waals surface area contributed by atoms with Gasteiger partial charge in [-0.05, 0) is 58.9 Å². The zero-order valence-corrected chi connectivity index (χ0v) is 31.0. The van der Waals surface area contributed by atoms with E-state index in [9.17, 15) is 14.7 Å². The van der Waals surface area contributed by atoms with Gasteiger partial charge in [-0.2, -0.15) is 0 Å². The third-order valence-electron chi connectivity index (χ3n) is 10.3. The molecule has 4 aromatic carbocycles. The summed E-state index contributed by atoms with van der Waals surface area (Å²) in [4.78, 5) is 30.4. The highest BCUT2D eigenvalue weighted by atomic mass is 35.6. The van der Waals surface area contributed by atoms with Crippen molar-refractivity contribution in [2.75, 3.05) is 19.6 Å². The fraction of sp³-hybridized carbons (Fsp3) is 0.350. The Labute approximate surface area is 317 Å². The SMILES string of the molecule is CC1C(CN2CCC(n3c(=O)[nH]c4ccccc43)CC2)OC(c2ccc(-c3cccc(CNC(=O)C(Cl)(Cl)Cl)c3)cc2)OC1c1ccc(CO)cc1. The number of carbonyl (C=O) groups excluding carboxylic acids is 1. The number of amides is 1. The maximum atomic E-state index is 12.9. The van der Waals surface area contributed by atoms with Crippen molar-refractivity contribution in [1.82, 2.24) is 19.8 Å². The summed E-state index contributed by atoms with van der Waals surface area (Å²) in [5.74, 6) is -0.629. The second kappa shape index (κ2) is 15.7. The van der Waals surface area contributed by atoms with Gasteiger partial charge < -0.3 is 29.8 Å². The van der Waals surface area contributed by atoms with Gasteiger partial charge in [0.2, 0.25) is 0 Å². The van der Waals surface area contributed by atoms with Gasteiger partial charge in [-0.25, -0.2) is 4.79 Å². The largest absolute Gasteiger partial charge is 0.392 e. The summed E-state index contributed by atoms with van der Waals surface area (Å²) in [6.45, 7) is 4.83. The molecule has 1 aromatic heterocycles. The predicted octanol–water partition coefficient (Wildman–Crippen LogP) is 7.60. The van der Waals surface area contributed by atoms with Gasteiger partial charge in [0, 0.05) is 43.7 Å². The van der Waals surface area contributed by atoms with Crippen molar-refractivity contribution in [2.24, 2.45) is 5.92 Å². The number of aliphatic hydroxyl groups excluding tert-OH is 1. The van der Waals surface area contributed by atoms with Crippen LogP contribution in [-0.2, 0) is 27.4 Å². The minimum absolute atomic E-state index is 0.0187. The molecule has 4 unspecified atom stereocenters. The molecule has 272 valence electrons. The molecule has 2 aliphatic rings. The lowest BCUT2D eigenvalue weighted by Gasteiger charge is -2.44. The van der Waals surface area contributed by atoms with E-state index < -0.39 is 16.0 Å². The third kappa shape index (κ3) is 8.11. The molecule has 2 saturated heterocycles. The van der Waals surface area contributed by atoms with Crippen molar-refractivity contribution < 1.29 is 19.4 Å². The molecule has 4 atom stereocenters. The molecular formula is C40H41Cl3N4O5. The van der Waals surface area contributed by atoms with E-state index >= 15 is 0 Å². The monoisotopic (exact) mass is 762 g/mol. The van der Waals surface area contributed by atoms with Crippen molar-refractivity contribution in [3.05, 3.63) is 130 Å². The van der Waals surface area contributed by atoms with E-state index in [1.807, 2.05) is 102 Å². The fourth-order valence-electron chi connectivity index (χ4n) is 7.36. The predicted molar refractivity (Wildman–Crippen MR) is 204 cm³/mol. The van der Waals surface area contributed by atoms with Gasteiger partial charge in [0.15, 0.2) is 6.29 Å². The Morgan fingerprint density at radius 3 is 2.31 bits per heavy atom. The molecule has 0 aliphatic carbocycles. The van der Waals surface area contributed by atoms with E-state index in [-0.39, 0.29) is 43.0 Å². The summed E-state index contributed by atoms with van der Waals surface area (Å²) in [5, 5.41) is 12.3. The van der Waals surface area contributed by atoms with Crippen LogP contribution in [0.5, 0.6) is 0 Å². The Balaban J connectivity index is 1.07. The molecule has 0 spiro atoms. The second-order valence-corrected chi connectivity index (χ2v) is 16.0. The average Bonchev–Trinajstić information content (AvgIpc) is 3.50. The summed E-state index contributed by atoms with van der Waals surface area (Å²) in [5.41, 5.74) is 7.40. The number of para-hydroxylation sites is 2. The number of ether oxygens (including phenoxy) is 2. The molecule has 2 fully saturated rings. The van der Waals surface area contributed by atoms with E-state index in [1.165, 1.54) is 0 Å². The highest BCUT2D eigenvalue weighted by molar-refractivity contribution is 6.76. The van der Waals surface area contributed by atoms with Crippen LogP contribution in [0.4, 0.5) is 0 Å². The molecule has 7 rings (SSSR count). The van der Waals surface area contributed by atoms with E-state index in [1.54, 1.807) is 0 Å². The first-order valence-electron chi connectivity index (χ1n) is 17.5. The van der Waals surface area contributed by atoms with E-state index in [0.717, 1.165) is 76.9 Å². The number of rotatable bonds is 9. The smallest absolute Gasteiger partial charge is 0.326 e. The van der Waals surface area contributed by atoms with Gasteiger partial charge in [-0.3, -0.25) is 9.36 Å². The van der Waals surface area contributed by atoms with E-state index in [2.05, 4.69) is 22.1 Å². The van der Waals surface area contributed by atoms with Crippen molar-refractivity contribution in [1.29, 1.82) is 0 Å². The van der Waals surface area contributed by atoms with Crippen LogP contribution in [0.2, 0.25) is 0 Å². The average molecular weight is 764 g/mol. The molecule has 2 aliphatic heterocycles. The molecule has 12 heteroatoms. The lowest BCUT2D eigenvalue weighted by Crippen LogP contribution is -2.47. The molecule has 9 nitrogen and oxygen atoms in total. The number of piperidine rings is 1. The topological polar surface area (TPSA) is 109 Å². The standard InChI is InChI=1S/C40H41Cl3N4O5/c1-25-35(23-46-19-17-32(18-20-46)47-34-8-3-2-7-33(34)45-39(47)50)51-37(52-36(25)29-11-9-26(24-48)10-12-29)30-15-13-28(14-16-30)31-6-4-5-27(21-31)22-44-38(49)40(41,42)43/h2-16,21,25,32,35-37,48H,17-20,22-24H2,1H3,(H,44,49)(H,45,50). The normalized spacial score (nSPS) is 21.7. The number of alkyl halides is 3. The van der Waals surface area contributed by atoms with Crippen LogP contribution in [0.25, 0.3) is 22.2 Å². The molecular weight excluding hydrogens is 723 g/mol. The first-order chi connectivity index (χ1) is 25.1. The van der Waals surface area contributed by atoms with Crippen LogP contribution >= 0.6 is 34.8 Å². The van der Waals surface area contributed by atoms with Crippen LogP contribution in [0.15, 0.2) is 102 Å². The number of benzene rings is 4. The number of fused-ring (bicyclic) bond motifs is 1. The van der Waals surface area contributed by atoms with Crippen LogP contribution in [0, 0.1) is 5.92 Å². The Morgan fingerprint density at radius 2 is 1.60 bits per heavy atom. The Morgan fingerprint density at radius 1 is 0.885 bits per heavy atom. The number of aromatic nitrogens is 2. The van der Waals surface area contributed by atoms with Gasteiger partial charge in [-0.1, -0.05) is 121 Å². The molecule has 0 radical (unpaired) electrons. The number of carbonyl (C=O) groups is 1. The first kappa shape index (κ1) is 36.7. The lowest BCUT2D eigenvalue weighted by molar-refractivity contribution is -0.276. The minimum atomic E-state index is -2.02. The van der Waals surface area contributed by atoms with Crippen molar-refractivity contribution in [3.8, 4) is 11.1 Å². The summed E-state index contributed by atoms with van der Waals surface area (Å²) in [7, 11) is 0. The van der Waals surface area contributed by atoms with Gasteiger partial charge in [0.1, 0.15) is 0 Å². The summed E-state index contributed by atoms with van der Waals surface area (Å²) in [6, 6.07) is 31.9. The van der Waals surface area contributed by atoms with E-state index in [4.69, 9.17) is 44.3 Å². The summed E-state index contributed by atoms with van der Waals surface area (Å²) < 4.78 is 13.4. The maximum Gasteiger partial charge on any atom is 0.326 e. The number of imidazole rings is 1. The highest BCUT2D eigenvalue weighted by Crippen LogP contribution is 2.42. The number of halogens is 3. The molecule has 0 bridgehead atoms. The number of aliphatic hydroxyl groups is 1. The Kier molecular flexibility index (Phi) is 11.1. The molecule has 1 amide bonds. The lowest BCUT2D eigenvalue weighted by atomic mass is 9.89. The number of nitrogens with zero attached hydrogens (tertiary/aromatic N) is 2. The second-order valence-electron chi connectivity index (χ2n) is 13.7. The van der Waals surface area contributed by atoms with E-state index in [0.29, 0.717) is 0 Å². The number of H-pyrrole nitrogens is 1. The minimum Gasteiger partial charge on any atom is -0.392 e. The number of hydrogen-bond donors (Lipinski definition) is 3. The Bertz CT molecular complexity index is 2050. The Hall–Kier alpha value is -3.67. The van der Waals surface area contributed by atoms with Crippen molar-refractivity contribution in [2.45, 2.75) is 61.2 Å².